The second-order valence-corrected chi connectivity index (χ2v) is 4.62. The van der Waals surface area contributed by atoms with E-state index in [-0.39, 0.29) is 5.69 Å². The largest absolute Gasteiger partial charge is 0.496 e. The Bertz CT molecular complexity index is 674. The van der Waals surface area contributed by atoms with Crippen molar-refractivity contribution in [1.82, 2.24) is 0 Å². The van der Waals surface area contributed by atoms with Gasteiger partial charge in [-0.15, -0.1) is 0 Å². The molecule has 0 heterocycles. The summed E-state index contributed by atoms with van der Waals surface area (Å²) >= 11 is 0. The minimum Gasteiger partial charge on any atom is -0.496 e. The van der Waals surface area contributed by atoms with Crippen LogP contribution in [0.25, 0.3) is 0 Å². The van der Waals surface area contributed by atoms with Crippen LogP contribution in [0.5, 0.6) is 5.75 Å². The molecule has 0 aromatic heterocycles. The van der Waals surface area contributed by atoms with Crippen LogP contribution >= 0.6 is 0 Å². The summed E-state index contributed by atoms with van der Waals surface area (Å²) < 4.78 is 18.6. The van der Waals surface area contributed by atoms with E-state index in [1.54, 1.807) is 7.11 Å². The Balaban J connectivity index is 2.20. The summed E-state index contributed by atoms with van der Waals surface area (Å²) in [7, 11) is 1.57. The van der Waals surface area contributed by atoms with Crippen LogP contribution in [0.4, 0.5) is 15.8 Å². The number of benzene rings is 2. The van der Waals surface area contributed by atoms with Crippen LogP contribution in [-0.2, 0) is 6.54 Å². The van der Waals surface area contributed by atoms with E-state index in [4.69, 9.17) is 4.74 Å². The molecule has 2 aromatic rings. The average Bonchev–Trinajstić information content (AvgIpc) is 2.44. The summed E-state index contributed by atoms with van der Waals surface area (Å²) in [6.07, 6.45) is 0. The van der Waals surface area contributed by atoms with Crippen molar-refractivity contribution >= 4 is 11.4 Å². The second kappa shape index (κ2) is 6.21. The first kappa shape index (κ1) is 14.8. The molecule has 6 heteroatoms. The number of aryl methyl sites for hydroxylation is 1. The van der Waals surface area contributed by atoms with Gasteiger partial charge >= 0.3 is 0 Å². The minimum atomic E-state index is -0.650. The fraction of sp³-hybridized carbons (Fsp3) is 0.200. The molecule has 0 radical (unpaired) electrons. The van der Waals surface area contributed by atoms with E-state index in [1.165, 1.54) is 12.1 Å². The summed E-state index contributed by atoms with van der Waals surface area (Å²) in [5, 5.41) is 13.7. The van der Waals surface area contributed by atoms with E-state index < -0.39 is 10.7 Å². The lowest BCUT2D eigenvalue weighted by atomic mass is 10.1. The molecule has 0 aliphatic carbocycles. The van der Waals surface area contributed by atoms with Crippen molar-refractivity contribution in [2.45, 2.75) is 13.5 Å². The third kappa shape index (κ3) is 3.68. The predicted molar refractivity (Wildman–Crippen MR) is 78.1 cm³/mol. The van der Waals surface area contributed by atoms with Gasteiger partial charge in [-0.25, -0.2) is 4.39 Å². The molecule has 21 heavy (non-hydrogen) atoms. The van der Waals surface area contributed by atoms with Crippen molar-refractivity contribution in [3.8, 4) is 5.75 Å². The standard InChI is InChI=1S/C15H15FN2O3/c1-10-3-4-15(21-2)11(5-10)9-17-13-6-12(16)7-14(8-13)18(19)20/h3-8,17H,9H2,1-2H3. The molecular weight excluding hydrogens is 275 g/mol. The summed E-state index contributed by atoms with van der Waals surface area (Å²) in [6, 6.07) is 9.12. The van der Waals surface area contributed by atoms with Gasteiger partial charge in [0.15, 0.2) is 0 Å². The highest BCUT2D eigenvalue weighted by molar-refractivity contribution is 5.52. The maximum atomic E-state index is 13.4. The number of anilines is 1. The number of methoxy groups -OCH3 is 1. The van der Waals surface area contributed by atoms with Gasteiger partial charge in [0.25, 0.3) is 5.69 Å². The molecule has 0 spiro atoms. The molecule has 0 saturated carbocycles. The molecule has 0 atom stereocenters. The molecule has 0 bridgehead atoms. The number of nitrogens with one attached hydrogen (secondary N) is 1. The number of nitrogens with zero attached hydrogens (tertiary/aromatic N) is 1. The lowest BCUT2D eigenvalue weighted by molar-refractivity contribution is -0.385. The minimum absolute atomic E-state index is 0.284. The third-order valence-electron chi connectivity index (χ3n) is 3.01. The number of nitro benzene ring substituents is 1. The molecule has 110 valence electrons. The van der Waals surface area contributed by atoms with Crippen LogP contribution in [0.2, 0.25) is 0 Å². The summed E-state index contributed by atoms with van der Waals surface area (Å²) in [6.45, 7) is 2.33. The first-order chi connectivity index (χ1) is 9.99. The van der Waals surface area contributed by atoms with Crippen molar-refractivity contribution in [3.05, 3.63) is 63.5 Å². The maximum absolute atomic E-state index is 13.4. The number of rotatable bonds is 5. The van der Waals surface area contributed by atoms with Gasteiger partial charge < -0.3 is 10.1 Å². The van der Waals surface area contributed by atoms with Crippen LogP contribution in [0.15, 0.2) is 36.4 Å². The summed E-state index contributed by atoms with van der Waals surface area (Å²) in [5.74, 6) is 0.0573. The van der Waals surface area contributed by atoms with Crippen LogP contribution in [0.1, 0.15) is 11.1 Å². The first-order valence-electron chi connectivity index (χ1n) is 6.32. The molecule has 0 saturated heterocycles. The summed E-state index contributed by atoms with van der Waals surface area (Å²) in [5.41, 5.74) is 2.03. The SMILES string of the molecule is COc1ccc(C)cc1CNc1cc(F)cc([N+](=O)[O-])c1. The van der Waals surface area contributed by atoms with Crippen molar-refractivity contribution < 1.29 is 14.1 Å². The topological polar surface area (TPSA) is 64.4 Å². The fourth-order valence-electron chi connectivity index (χ4n) is 2.02. The Labute approximate surface area is 121 Å². The van der Waals surface area contributed by atoms with E-state index in [1.807, 2.05) is 25.1 Å². The molecule has 2 rings (SSSR count). The quantitative estimate of drug-likeness (QED) is 0.674. The van der Waals surface area contributed by atoms with E-state index in [0.717, 1.165) is 17.2 Å². The van der Waals surface area contributed by atoms with Gasteiger partial charge in [-0.3, -0.25) is 10.1 Å². The molecule has 0 unspecified atom stereocenters. The van der Waals surface area contributed by atoms with E-state index in [9.17, 15) is 14.5 Å². The molecule has 0 fully saturated rings. The zero-order valence-corrected chi connectivity index (χ0v) is 11.7. The Morgan fingerprint density at radius 3 is 2.71 bits per heavy atom. The molecule has 0 aliphatic rings. The van der Waals surface area contributed by atoms with Crippen LogP contribution in [0, 0.1) is 22.9 Å². The van der Waals surface area contributed by atoms with Gasteiger partial charge in [0.1, 0.15) is 11.6 Å². The lowest BCUT2D eigenvalue weighted by Gasteiger charge is -2.11. The highest BCUT2D eigenvalue weighted by Crippen LogP contribution is 2.23. The normalized spacial score (nSPS) is 10.2. The second-order valence-electron chi connectivity index (χ2n) is 4.62. The Kier molecular flexibility index (Phi) is 4.37. The highest BCUT2D eigenvalue weighted by atomic mass is 19.1. The fourth-order valence-corrected chi connectivity index (χ4v) is 2.02. The van der Waals surface area contributed by atoms with Gasteiger partial charge in [-0.05, 0) is 19.1 Å². The molecule has 0 amide bonds. The average molecular weight is 290 g/mol. The predicted octanol–water partition coefficient (Wildman–Crippen LogP) is 3.66. The number of hydrogen-bond donors (Lipinski definition) is 1. The zero-order chi connectivity index (χ0) is 15.4. The molecular formula is C15H15FN2O3. The molecule has 0 aliphatic heterocycles. The third-order valence-corrected chi connectivity index (χ3v) is 3.01. The van der Waals surface area contributed by atoms with E-state index >= 15 is 0 Å². The van der Waals surface area contributed by atoms with Gasteiger partial charge in [0.05, 0.1) is 18.1 Å². The van der Waals surface area contributed by atoms with Crippen molar-refractivity contribution in [2.24, 2.45) is 0 Å². The lowest BCUT2D eigenvalue weighted by Crippen LogP contribution is -2.03. The van der Waals surface area contributed by atoms with Gasteiger partial charge in [0.2, 0.25) is 0 Å². The molecule has 2 aromatic carbocycles. The molecule has 5 nitrogen and oxygen atoms in total. The van der Waals surface area contributed by atoms with Gasteiger partial charge in [-0.1, -0.05) is 17.7 Å². The maximum Gasteiger partial charge on any atom is 0.274 e. The first-order valence-corrected chi connectivity index (χ1v) is 6.32. The van der Waals surface area contributed by atoms with Crippen LogP contribution in [0.3, 0.4) is 0 Å². The van der Waals surface area contributed by atoms with Crippen molar-refractivity contribution in [3.63, 3.8) is 0 Å². The number of nitro groups is 1. The smallest absolute Gasteiger partial charge is 0.274 e. The van der Waals surface area contributed by atoms with E-state index in [0.29, 0.717) is 18.0 Å². The van der Waals surface area contributed by atoms with Crippen molar-refractivity contribution in [1.29, 1.82) is 0 Å². The Morgan fingerprint density at radius 2 is 2.05 bits per heavy atom. The number of halogens is 1. The zero-order valence-electron chi connectivity index (χ0n) is 11.7. The number of hydrogen-bond acceptors (Lipinski definition) is 4. The van der Waals surface area contributed by atoms with Crippen molar-refractivity contribution in [2.75, 3.05) is 12.4 Å². The van der Waals surface area contributed by atoms with Crippen LogP contribution in [-0.4, -0.2) is 12.0 Å². The highest BCUT2D eigenvalue weighted by Gasteiger charge is 2.10. The van der Waals surface area contributed by atoms with E-state index in [2.05, 4.69) is 5.32 Å². The van der Waals surface area contributed by atoms with Crippen LogP contribution < -0.4 is 10.1 Å². The monoisotopic (exact) mass is 290 g/mol. The Morgan fingerprint density at radius 1 is 1.29 bits per heavy atom. The van der Waals surface area contributed by atoms with Gasteiger partial charge in [-0.2, -0.15) is 0 Å². The molecule has 1 N–H and O–H groups in total. The summed E-state index contributed by atoms with van der Waals surface area (Å²) in [4.78, 5) is 10.1. The Hall–Kier alpha value is -2.63. The van der Waals surface area contributed by atoms with Gasteiger partial charge in [0, 0.05) is 23.9 Å². The number of ether oxygens (including phenoxy) is 1. The number of non-ortho nitro benzene ring substituents is 1.